The minimum atomic E-state index is -1.20. The summed E-state index contributed by atoms with van der Waals surface area (Å²) < 4.78 is 0. The standard InChI is InChI=1S/C14H17N3O4/c1-8-5-14(12(20)16(3)10(8)18)6-9(2)11(19)17(4)13(21)15-7-14/h5-6H,7H2,1-4H3,(H,15,21). The van der Waals surface area contributed by atoms with E-state index in [9.17, 15) is 19.2 Å². The molecule has 0 radical (unpaired) electrons. The number of carbonyl (C=O) groups excluding carboxylic acids is 4. The van der Waals surface area contributed by atoms with E-state index in [-0.39, 0.29) is 18.0 Å². The van der Waals surface area contributed by atoms with Gasteiger partial charge in [-0.2, -0.15) is 0 Å². The summed E-state index contributed by atoms with van der Waals surface area (Å²) in [5.74, 6) is -1.33. The maximum atomic E-state index is 12.5. The number of hydrogen-bond acceptors (Lipinski definition) is 4. The van der Waals surface area contributed by atoms with E-state index in [2.05, 4.69) is 5.32 Å². The number of nitrogens with zero attached hydrogens (tertiary/aromatic N) is 2. The molecule has 2 aliphatic rings. The van der Waals surface area contributed by atoms with E-state index in [0.717, 1.165) is 9.80 Å². The third-order valence-electron chi connectivity index (χ3n) is 3.77. The van der Waals surface area contributed by atoms with Gasteiger partial charge in [0.05, 0.1) is 0 Å². The van der Waals surface area contributed by atoms with Gasteiger partial charge in [-0.3, -0.25) is 24.2 Å². The lowest BCUT2D eigenvalue weighted by molar-refractivity contribution is -0.146. The molecule has 2 rings (SSSR count). The molecule has 7 nitrogen and oxygen atoms in total. The molecule has 2 aliphatic heterocycles. The summed E-state index contributed by atoms with van der Waals surface area (Å²) in [6.07, 6.45) is 3.03. The fourth-order valence-corrected chi connectivity index (χ4v) is 2.61. The highest BCUT2D eigenvalue weighted by Gasteiger charge is 2.44. The lowest BCUT2D eigenvalue weighted by Crippen LogP contribution is -2.55. The lowest BCUT2D eigenvalue weighted by Gasteiger charge is -2.37. The van der Waals surface area contributed by atoms with Crippen molar-refractivity contribution in [2.24, 2.45) is 5.41 Å². The van der Waals surface area contributed by atoms with Crippen LogP contribution >= 0.6 is 0 Å². The fourth-order valence-electron chi connectivity index (χ4n) is 2.61. The van der Waals surface area contributed by atoms with Gasteiger partial charge in [-0.05, 0) is 13.8 Å². The van der Waals surface area contributed by atoms with E-state index in [1.54, 1.807) is 13.8 Å². The Hall–Kier alpha value is -2.44. The third-order valence-corrected chi connectivity index (χ3v) is 3.77. The van der Waals surface area contributed by atoms with Gasteiger partial charge in [-0.25, -0.2) is 4.79 Å². The monoisotopic (exact) mass is 291 g/mol. The summed E-state index contributed by atoms with van der Waals surface area (Å²) in [6, 6.07) is -0.578. The van der Waals surface area contributed by atoms with Crippen LogP contribution in [-0.4, -0.2) is 54.2 Å². The molecule has 0 aromatic rings. The molecule has 2 heterocycles. The highest BCUT2D eigenvalue weighted by atomic mass is 16.2. The van der Waals surface area contributed by atoms with Gasteiger partial charge < -0.3 is 5.32 Å². The topological polar surface area (TPSA) is 86.8 Å². The van der Waals surface area contributed by atoms with Crippen LogP contribution in [0.25, 0.3) is 0 Å². The molecule has 0 saturated heterocycles. The van der Waals surface area contributed by atoms with Crippen LogP contribution < -0.4 is 5.32 Å². The highest BCUT2D eigenvalue weighted by molar-refractivity contribution is 6.11. The predicted octanol–water partition coefficient (Wildman–Crippen LogP) is 0.0456. The number of rotatable bonds is 0. The van der Waals surface area contributed by atoms with Crippen molar-refractivity contribution in [3.05, 3.63) is 23.3 Å². The molecule has 0 aromatic heterocycles. The number of nitrogens with one attached hydrogen (secondary N) is 1. The van der Waals surface area contributed by atoms with Crippen LogP contribution in [0.5, 0.6) is 0 Å². The van der Waals surface area contributed by atoms with E-state index in [1.165, 1.54) is 26.2 Å². The first-order chi connectivity index (χ1) is 9.69. The van der Waals surface area contributed by atoms with Crippen molar-refractivity contribution in [3.8, 4) is 0 Å². The van der Waals surface area contributed by atoms with E-state index in [1.807, 2.05) is 0 Å². The number of amides is 5. The molecule has 112 valence electrons. The fraction of sp³-hybridized carbons (Fsp3) is 0.429. The van der Waals surface area contributed by atoms with Crippen LogP contribution in [0.1, 0.15) is 13.8 Å². The Morgan fingerprint density at radius 2 is 1.43 bits per heavy atom. The van der Waals surface area contributed by atoms with Crippen LogP contribution in [0.2, 0.25) is 0 Å². The Bertz CT molecular complexity index is 620. The summed E-state index contributed by atoms with van der Waals surface area (Å²) >= 11 is 0. The summed E-state index contributed by atoms with van der Waals surface area (Å²) in [5, 5.41) is 2.55. The molecule has 0 saturated carbocycles. The number of carbonyl (C=O) groups is 4. The molecule has 1 spiro atoms. The first-order valence-corrected chi connectivity index (χ1v) is 6.47. The SMILES string of the molecule is CC1=CC2(C=C(C)C(=O)N(C)C2=O)CNC(=O)N(C)C1=O. The third kappa shape index (κ3) is 2.24. The molecular formula is C14H17N3O4. The molecule has 5 amide bonds. The van der Waals surface area contributed by atoms with Crippen molar-refractivity contribution in [1.82, 2.24) is 15.1 Å². The molecule has 0 aromatic carbocycles. The Morgan fingerprint density at radius 3 is 1.95 bits per heavy atom. The molecule has 7 heteroatoms. The zero-order valence-corrected chi connectivity index (χ0v) is 12.4. The second-order valence-corrected chi connectivity index (χ2v) is 5.39. The Morgan fingerprint density at radius 1 is 0.952 bits per heavy atom. The van der Waals surface area contributed by atoms with Gasteiger partial charge in [0.1, 0.15) is 5.41 Å². The van der Waals surface area contributed by atoms with Gasteiger partial charge >= 0.3 is 6.03 Å². The van der Waals surface area contributed by atoms with Crippen LogP contribution in [0.3, 0.4) is 0 Å². The zero-order chi connectivity index (χ0) is 15.9. The van der Waals surface area contributed by atoms with Gasteiger partial charge in [0.2, 0.25) is 5.91 Å². The summed E-state index contributed by atoms with van der Waals surface area (Å²) in [4.78, 5) is 50.2. The lowest BCUT2D eigenvalue weighted by atomic mass is 9.79. The first-order valence-electron chi connectivity index (χ1n) is 6.47. The predicted molar refractivity (Wildman–Crippen MR) is 73.9 cm³/mol. The van der Waals surface area contributed by atoms with E-state index in [0.29, 0.717) is 5.57 Å². The average Bonchev–Trinajstić information content (AvgIpc) is 2.46. The van der Waals surface area contributed by atoms with Gasteiger partial charge in [-0.15, -0.1) is 0 Å². The summed E-state index contributed by atoms with van der Waals surface area (Å²) in [7, 11) is 2.76. The van der Waals surface area contributed by atoms with Gasteiger partial charge in [0.15, 0.2) is 0 Å². The summed E-state index contributed by atoms with van der Waals surface area (Å²) in [6.45, 7) is 3.14. The maximum Gasteiger partial charge on any atom is 0.324 e. The molecular weight excluding hydrogens is 274 g/mol. The van der Waals surface area contributed by atoms with Crippen molar-refractivity contribution in [2.75, 3.05) is 20.6 Å². The average molecular weight is 291 g/mol. The second kappa shape index (κ2) is 4.83. The molecule has 0 bridgehead atoms. The normalized spacial score (nSPS) is 27.2. The highest BCUT2D eigenvalue weighted by Crippen LogP contribution is 2.32. The van der Waals surface area contributed by atoms with Gasteiger partial charge in [-0.1, -0.05) is 12.2 Å². The molecule has 21 heavy (non-hydrogen) atoms. The van der Waals surface area contributed by atoms with Gasteiger partial charge in [0.25, 0.3) is 11.8 Å². The first kappa shape index (κ1) is 15.0. The Kier molecular flexibility index (Phi) is 3.44. The largest absolute Gasteiger partial charge is 0.336 e. The van der Waals surface area contributed by atoms with Crippen molar-refractivity contribution in [2.45, 2.75) is 13.8 Å². The van der Waals surface area contributed by atoms with Crippen molar-refractivity contribution >= 4 is 23.8 Å². The number of urea groups is 1. The van der Waals surface area contributed by atoms with Crippen molar-refractivity contribution < 1.29 is 19.2 Å². The molecule has 1 unspecified atom stereocenters. The van der Waals surface area contributed by atoms with Crippen LogP contribution in [-0.2, 0) is 14.4 Å². The minimum absolute atomic E-state index is 0.00537. The molecule has 0 fully saturated rings. The quantitative estimate of drug-likeness (QED) is 0.639. The van der Waals surface area contributed by atoms with Crippen molar-refractivity contribution in [3.63, 3.8) is 0 Å². The second-order valence-electron chi connectivity index (χ2n) is 5.39. The Balaban J connectivity index is 2.60. The van der Waals surface area contributed by atoms with E-state index in [4.69, 9.17) is 0 Å². The van der Waals surface area contributed by atoms with Crippen molar-refractivity contribution in [1.29, 1.82) is 0 Å². The number of likely N-dealkylation sites (N-methyl/N-ethyl adjacent to an activating group) is 2. The molecule has 1 N–H and O–H groups in total. The van der Waals surface area contributed by atoms with E-state index >= 15 is 0 Å². The number of imide groups is 2. The van der Waals surface area contributed by atoms with E-state index < -0.39 is 23.3 Å². The maximum absolute atomic E-state index is 12.5. The number of hydrogen-bond donors (Lipinski definition) is 1. The Labute approximate surface area is 122 Å². The van der Waals surface area contributed by atoms with Gasteiger partial charge in [0, 0.05) is 31.8 Å². The molecule has 1 atom stereocenters. The van der Waals surface area contributed by atoms with Crippen LogP contribution in [0.15, 0.2) is 23.3 Å². The van der Waals surface area contributed by atoms with Crippen LogP contribution in [0.4, 0.5) is 4.79 Å². The zero-order valence-electron chi connectivity index (χ0n) is 12.4. The minimum Gasteiger partial charge on any atom is -0.336 e. The smallest absolute Gasteiger partial charge is 0.324 e. The molecule has 0 aliphatic carbocycles. The van der Waals surface area contributed by atoms with Crippen LogP contribution in [0, 0.1) is 5.41 Å². The summed E-state index contributed by atoms with van der Waals surface area (Å²) in [5.41, 5.74) is -0.520.